The first-order chi connectivity index (χ1) is 9.43. The molecule has 0 amide bonds. The average molecular weight is 336 g/mol. The maximum Gasteiger partial charge on any atom is 0.143 e. The molecule has 2 rings (SSSR count). The van der Waals surface area contributed by atoms with Gasteiger partial charge in [0, 0.05) is 11.6 Å². The number of halogens is 4. The molecular weight excluding hydrogens is 322 g/mol. The third-order valence-electron chi connectivity index (χ3n) is 2.89. The third kappa shape index (κ3) is 3.11. The van der Waals surface area contributed by atoms with Gasteiger partial charge in [0.05, 0.1) is 22.3 Å². The highest BCUT2D eigenvalue weighted by atomic mass is 35.5. The van der Waals surface area contributed by atoms with Crippen molar-refractivity contribution in [2.45, 2.75) is 26.1 Å². The van der Waals surface area contributed by atoms with Gasteiger partial charge in [-0.3, -0.25) is 0 Å². The van der Waals surface area contributed by atoms with Crippen molar-refractivity contribution in [2.75, 3.05) is 0 Å². The number of alkyl halides is 1. The highest BCUT2D eigenvalue weighted by molar-refractivity contribution is 6.32. The number of rotatable bonds is 4. The summed E-state index contributed by atoms with van der Waals surface area (Å²) in [5.41, 5.74) is 2.16. The first-order valence-electron chi connectivity index (χ1n) is 6.21. The molecule has 1 aromatic heterocycles. The lowest BCUT2D eigenvalue weighted by Crippen LogP contribution is -2.00. The molecule has 2 nitrogen and oxygen atoms in total. The lowest BCUT2D eigenvalue weighted by Gasteiger charge is -2.04. The standard InChI is InChI=1S/C14H14Cl3FN2/c1-8(2)5-13-10(7-15)14(17)20(19-13)9-3-4-11(16)12(18)6-9/h3-4,6,8H,5,7H2,1-2H3. The summed E-state index contributed by atoms with van der Waals surface area (Å²) in [6.45, 7) is 4.18. The first-order valence-corrected chi connectivity index (χ1v) is 7.50. The molecule has 2 aromatic rings. The van der Waals surface area contributed by atoms with Gasteiger partial charge in [-0.1, -0.05) is 37.0 Å². The summed E-state index contributed by atoms with van der Waals surface area (Å²) in [6, 6.07) is 4.45. The normalized spacial score (nSPS) is 11.3. The van der Waals surface area contributed by atoms with E-state index in [1.54, 1.807) is 6.07 Å². The third-order valence-corrected chi connectivity index (χ3v) is 3.85. The smallest absolute Gasteiger partial charge is 0.143 e. The minimum atomic E-state index is -0.506. The van der Waals surface area contributed by atoms with Gasteiger partial charge in [0.1, 0.15) is 11.0 Å². The number of aromatic nitrogens is 2. The van der Waals surface area contributed by atoms with Crippen LogP contribution in [0.4, 0.5) is 4.39 Å². The molecule has 0 saturated heterocycles. The van der Waals surface area contributed by atoms with E-state index in [9.17, 15) is 4.39 Å². The molecule has 0 atom stereocenters. The Morgan fingerprint density at radius 2 is 2.00 bits per heavy atom. The Balaban J connectivity index is 2.51. The molecule has 0 aliphatic heterocycles. The molecule has 0 aliphatic carbocycles. The Labute approximate surface area is 132 Å². The van der Waals surface area contributed by atoms with Crippen LogP contribution >= 0.6 is 34.8 Å². The van der Waals surface area contributed by atoms with Crippen molar-refractivity contribution in [1.29, 1.82) is 0 Å². The number of hydrogen-bond acceptors (Lipinski definition) is 1. The van der Waals surface area contributed by atoms with E-state index in [4.69, 9.17) is 34.8 Å². The lowest BCUT2D eigenvalue weighted by atomic mass is 10.1. The Bertz CT molecular complexity index is 623. The maximum atomic E-state index is 13.6. The zero-order valence-corrected chi connectivity index (χ0v) is 13.4. The van der Waals surface area contributed by atoms with E-state index in [0.29, 0.717) is 16.8 Å². The number of hydrogen-bond donors (Lipinski definition) is 0. The van der Waals surface area contributed by atoms with Gasteiger partial charge >= 0.3 is 0 Å². The Kier molecular flexibility index (Phi) is 4.95. The molecule has 1 heterocycles. The molecule has 108 valence electrons. The Morgan fingerprint density at radius 1 is 1.30 bits per heavy atom. The van der Waals surface area contributed by atoms with Crippen LogP contribution in [0.25, 0.3) is 5.69 Å². The SMILES string of the molecule is CC(C)Cc1nn(-c2ccc(Cl)c(F)c2)c(Cl)c1CCl. The van der Waals surface area contributed by atoms with Gasteiger partial charge in [-0.25, -0.2) is 9.07 Å². The highest BCUT2D eigenvalue weighted by Gasteiger charge is 2.18. The molecule has 0 saturated carbocycles. The van der Waals surface area contributed by atoms with E-state index in [0.717, 1.165) is 17.7 Å². The van der Waals surface area contributed by atoms with Gasteiger partial charge in [0.25, 0.3) is 0 Å². The van der Waals surface area contributed by atoms with Crippen molar-refractivity contribution < 1.29 is 4.39 Å². The quantitative estimate of drug-likeness (QED) is 0.697. The summed E-state index contributed by atoms with van der Waals surface area (Å²) in [7, 11) is 0. The monoisotopic (exact) mass is 334 g/mol. The molecule has 0 spiro atoms. The Hall–Kier alpha value is -0.770. The van der Waals surface area contributed by atoms with Gasteiger partial charge in [0.2, 0.25) is 0 Å². The Morgan fingerprint density at radius 3 is 2.55 bits per heavy atom. The predicted molar refractivity (Wildman–Crippen MR) is 81.6 cm³/mol. The summed E-state index contributed by atoms with van der Waals surface area (Å²) in [6.07, 6.45) is 0.769. The summed E-state index contributed by atoms with van der Waals surface area (Å²) in [4.78, 5) is 0. The van der Waals surface area contributed by atoms with Crippen LogP contribution in [0.3, 0.4) is 0 Å². The van der Waals surface area contributed by atoms with E-state index >= 15 is 0 Å². The molecule has 6 heteroatoms. The minimum Gasteiger partial charge on any atom is -0.222 e. The number of benzene rings is 1. The molecule has 0 aliphatic rings. The van der Waals surface area contributed by atoms with Crippen LogP contribution in [0.1, 0.15) is 25.1 Å². The van der Waals surface area contributed by atoms with Crippen molar-refractivity contribution in [3.8, 4) is 5.69 Å². The van der Waals surface area contributed by atoms with Crippen LogP contribution < -0.4 is 0 Å². The predicted octanol–water partition coefficient (Wildman–Crippen LogP) is 5.26. The molecule has 1 aromatic carbocycles. The fourth-order valence-corrected chi connectivity index (χ4v) is 2.72. The zero-order valence-electron chi connectivity index (χ0n) is 11.1. The molecule has 0 radical (unpaired) electrons. The second-order valence-corrected chi connectivity index (χ2v) is 5.99. The van der Waals surface area contributed by atoms with E-state index in [1.807, 2.05) is 0 Å². The topological polar surface area (TPSA) is 17.8 Å². The lowest BCUT2D eigenvalue weighted by molar-refractivity contribution is 0.619. The van der Waals surface area contributed by atoms with Crippen molar-refractivity contribution in [3.63, 3.8) is 0 Å². The van der Waals surface area contributed by atoms with E-state index in [2.05, 4.69) is 18.9 Å². The van der Waals surface area contributed by atoms with Crippen molar-refractivity contribution >= 4 is 34.8 Å². The minimum absolute atomic E-state index is 0.0667. The first kappa shape index (κ1) is 15.6. The molecule has 0 bridgehead atoms. The van der Waals surface area contributed by atoms with Crippen LogP contribution in [0.2, 0.25) is 10.2 Å². The van der Waals surface area contributed by atoms with E-state index in [1.165, 1.54) is 16.8 Å². The molecular formula is C14H14Cl3FN2. The van der Waals surface area contributed by atoms with Crippen LogP contribution in [-0.2, 0) is 12.3 Å². The van der Waals surface area contributed by atoms with Crippen LogP contribution in [-0.4, -0.2) is 9.78 Å². The van der Waals surface area contributed by atoms with Gasteiger partial charge in [-0.05, 0) is 24.5 Å². The molecule has 0 fully saturated rings. The summed E-state index contributed by atoms with van der Waals surface area (Å²) < 4.78 is 15.1. The molecule has 0 N–H and O–H groups in total. The van der Waals surface area contributed by atoms with Gasteiger partial charge in [-0.2, -0.15) is 5.10 Å². The summed E-state index contributed by atoms with van der Waals surface area (Å²) in [5.74, 6) is 0.198. The molecule has 20 heavy (non-hydrogen) atoms. The van der Waals surface area contributed by atoms with Gasteiger partial charge in [0.15, 0.2) is 0 Å². The molecule has 0 unspecified atom stereocenters. The fraction of sp³-hybridized carbons (Fsp3) is 0.357. The van der Waals surface area contributed by atoms with Gasteiger partial charge < -0.3 is 0 Å². The zero-order chi connectivity index (χ0) is 14.9. The van der Waals surface area contributed by atoms with Crippen LogP contribution in [0.5, 0.6) is 0 Å². The highest BCUT2D eigenvalue weighted by Crippen LogP contribution is 2.28. The van der Waals surface area contributed by atoms with E-state index < -0.39 is 5.82 Å². The summed E-state index contributed by atoms with van der Waals surface area (Å²) in [5, 5.41) is 4.93. The second-order valence-electron chi connectivity index (χ2n) is 4.96. The van der Waals surface area contributed by atoms with Gasteiger partial charge in [-0.15, -0.1) is 11.6 Å². The van der Waals surface area contributed by atoms with Crippen molar-refractivity contribution in [3.05, 3.63) is 45.4 Å². The second kappa shape index (κ2) is 6.33. The largest absolute Gasteiger partial charge is 0.222 e. The van der Waals surface area contributed by atoms with Crippen molar-refractivity contribution in [2.24, 2.45) is 5.92 Å². The number of nitrogens with zero attached hydrogens (tertiary/aromatic N) is 2. The van der Waals surface area contributed by atoms with E-state index in [-0.39, 0.29) is 10.9 Å². The fourth-order valence-electron chi connectivity index (χ4n) is 1.94. The van der Waals surface area contributed by atoms with Crippen LogP contribution in [0, 0.1) is 11.7 Å². The van der Waals surface area contributed by atoms with Crippen molar-refractivity contribution in [1.82, 2.24) is 9.78 Å². The average Bonchev–Trinajstić information content (AvgIpc) is 2.68. The maximum absolute atomic E-state index is 13.6. The summed E-state index contributed by atoms with van der Waals surface area (Å²) >= 11 is 17.9. The van der Waals surface area contributed by atoms with Crippen LogP contribution in [0.15, 0.2) is 18.2 Å².